The van der Waals surface area contributed by atoms with Gasteiger partial charge in [-0.05, 0) is 0 Å². The lowest BCUT2D eigenvalue weighted by atomic mass is 10.6. The van der Waals surface area contributed by atoms with Crippen LogP contribution >= 0.6 is 23.5 Å². The maximum absolute atomic E-state index is 12.9. The maximum atomic E-state index is 12.9. The Balaban J connectivity index is 6.80. The third-order valence-electron chi connectivity index (χ3n) is 2.07. The molecule has 0 amide bonds. The summed E-state index contributed by atoms with van der Waals surface area (Å²) < 4.78 is 230. The fraction of sp³-hybridized carbons (Fsp3) is 1.00. The van der Waals surface area contributed by atoms with Crippen LogP contribution in [0, 0.1) is 0 Å². The molecule has 0 rings (SSSR count). The van der Waals surface area contributed by atoms with Gasteiger partial charge in [-0.2, -0.15) is 70.2 Å². The van der Waals surface area contributed by atoms with Crippen LogP contribution in [0.3, 0.4) is 0 Å². The lowest BCUT2D eigenvalue weighted by Crippen LogP contribution is -2.42. The fourth-order valence-corrected chi connectivity index (χ4v) is 4.99. The van der Waals surface area contributed by atoms with Crippen molar-refractivity contribution in [3.05, 3.63) is 0 Å². The van der Waals surface area contributed by atoms with Gasteiger partial charge in [0.1, 0.15) is 0 Å². The van der Waals surface area contributed by atoms with E-state index in [0.717, 1.165) is 0 Å². The summed E-state index contributed by atoms with van der Waals surface area (Å²) in [6.45, 7) is 0. The molecule has 206 valence electrons. The summed E-state index contributed by atoms with van der Waals surface area (Å²) in [6, 6.07) is 0. The van der Waals surface area contributed by atoms with Crippen LogP contribution in [0.15, 0.2) is 0 Å². The summed E-state index contributed by atoms with van der Waals surface area (Å²) in [5, 5.41) is 0. The van der Waals surface area contributed by atoms with Gasteiger partial charge in [0.2, 0.25) is 0 Å². The minimum absolute atomic E-state index is 1.85. The standard InChI is InChI=1S/C6H2F15O10P3/c7-1(8,9)4(16,17)27-33(25,28-5(18,19)2(10,11)12)31-34(26,30-32(22,23)24)29-6(20,21)3(13,14)15/h(H2,22,23,24)/p-2. The molecule has 1 unspecified atom stereocenters. The van der Waals surface area contributed by atoms with Gasteiger partial charge in [-0.1, -0.05) is 0 Å². The van der Waals surface area contributed by atoms with Gasteiger partial charge in [0.05, 0.1) is 7.82 Å². The first-order valence-corrected chi connectivity index (χ1v) is 10.8. The van der Waals surface area contributed by atoms with Crippen LogP contribution in [0.1, 0.15) is 0 Å². The Kier molecular flexibility index (Phi) is 9.17. The number of phosphoric acid groups is 3. The topological polar surface area (TPSA) is 143 Å². The van der Waals surface area contributed by atoms with E-state index in [1.165, 1.54) is 0 Å². The third kappa shape index (κ3) is 9.10. The molecule has 34 heavy (non-hydrogen) atoms. The molecule has 28 heteroatoms. The summed E-state index contributed by atoms with van der Waals surface area (Å²) in [4.78, 5) is 20.6. The molecule has 0 N–H and O–H groups in total. The average Bonchev–Trinajstić information content (AvgIpc) is 2.36. The van der Waals surface area contributed by atoms with Gasteiger partial charge in [0, 0.05) is 0 Å². The Hall–Kier alpha value is -0.640. The molecule has 0 saturated heterocycles. The Morgan fingerprint density at radius 3 is 0.882 bits per heavy atom. The monoisotopic (exact) mass is 610 g/mol. The van der Waals surface area contributed by atoms with E-state index in [1.807, 2.05) is 13.6 Å². The van der Waals surface area contributed by atoms with E-state index in [-0.39, 0.29) is 0 Å². The summed E-state index contributed by atoms with van der Waals surface area (Å²) in [6.07, 6.45) is -43.6. The first kappa shape index (κ1) is 33.4. The molecular weight excluding hydrogens is 610 g/mol. The zero-order valence-corrected chi connectivity index (χ0v) is 16.8. The van der Waals surface area contributed by atoms with Crippen molar-refractivity contribution >= 4 is 23.5 Å². The number of rotatable bonds is 10. The van der Waals surface area contributed by atoms with Crippen LogP contribution in [0.4, 0.5) is 65.9 Å². The zero-order valence-electron chi connectivity index (χ0n) is 14.1. The van der Waals surface area contributed by atoms with Crippen molar-refractivity contribution in [2.24, 2.45) is 0 Å². The summed E-state index contributed by atoms with van der Waals surface area (Å²) in [7, 11) is -24.2. The second-order valence-electron chi connectivity index (χ2n) is 4.82. The van der Waals surface area contributed by atoms with E-state index < -0.39 is 60.3 Å². The highest BCUT2D eigenvalue weighted by atomic mass is 31.3. The summed E-state index contributed by atoms with van der Waals surface area (Å²) in [5.41, 5.74) is 0. The molecule has 1 atom stereocenters. The first-order chi connectivity index (χ1) is 14.3. The Morgan fingerprint density at radius 2 is 0.676 bits per heavy atom. The molecule has 0 bridgehead atoms. The maximum Gasteiger partial charge on any atom is 0.493 e. The highest BCUT2D eigenvalue weighted by Crippen LogP contribution is 2.74. The zero-order chi connectivity index (χ0) is 28.0. The number of halogens is 15. The molecular formula is C6F15O10P3-2. The molecule has 0 aromatic heterocycles. The molecule has 0 radical (unpaired) electrons. The first-order valence-electron chi connectivity index (χ1n) is 6.39. The largest absolute Gasteiger partial charge is 0.789 e. The van der Waals surface area contributed by atoms with Gasteiger partial charge in [-0.15, -0.1) is 0 Å². The molecule has 0 saturated carbocycles. The SMILES string of the molecule is O=P([O-])([O-])OP(=O)(OC(F)(F)C(F)(F)F)OP(=O)(OC(F)(F)C(F)(F)F)OC(F)(F)C(F)(F)F. The molecule has 0 spiro atoms. The Labute approximate surface area is 173 Å². The second-order valence-corrected chi connectivity index (χ2v) is 9.36. The van der Waals surface area contributed by atoms with E-state index in [9.17, 15) is 89.3 Å². The predicted octanol–water partition coefficient (Wildman–Crippen LogP) is 4.58. The molecule has 0 aromatic rings. The van der Waals surface area contributed by atoms with Crippen LogP contribution in [0.5, 0.6) is 0 Å². The molecule has 0 aromatic carbocycles. The van der Waals surface area contributed by atoms with Crippen molar-refractivity contribution < 1.29 is 112 Å². The van der Waals surface area contributed by atoms with Crippen molar-refractivity contribution in [2.45, 2.75) is 36.9 Å². The number of phosphoric ester groups is 1. The van der Waals surface area contributed by atoms with Gasteiger partial charge in [0.15, 0.2) is 0 Å². The van der Waals surface area contributed by atoms with Gasteiger partial charge >= 0.3 is 52.5 Å². The number of hydrogen-bond donors (Lipinski definition) is 0. The van der Waals surface area contributed by atoms with Gasteiger partial charge < -0.3 is 14.4 Å². The molecule has 0 fully saturated rings. The Morgan fingerprint density at radius 1 is 0.441 bits per heavy atom. The minimum atomic E-state index is -8.55. The van der Waals surface area contributed by atoms with E-state index in [2.05, 4.69) is 8.62 Å². The summed E-state index contributed by atoms with van der Waals surface area (Å²) in [5.74, 6) is 0. The van der Waals surface area contributed by atoms with Crippen LogP contribution < -0.4 is 9.79 Å². The van der Waals surface area contributed by atoms with Crippen molar-refractivity contribution in [3.63, 3.8) is 0 Å². The minimum Gasteiger partial charge on any atom is -0.789 e. The third-order valence-corrected chi connectivity index (χ3v) is 6.63. The lowest BCUT2D eigenvalue weighted by molar-refractivity contribution is -0.386. The quantitative estimate of drug-likeness (QED) is 0.255. The van der Waals surface area contributed by atoms with Gasteiger partial charge in [-0.3, -0.25) is 4.31 Å². The van der Waals surface area contributed by atoms with E-state index in [1.54, 1.807) is 0 Å². The molecule has 0 heterocycles. The summed E-state index contributed by atoms with van der Waals surface area (Å²) >= 11 is 0. The van der Waals surface area contributed by atoms with Gasteiger partial charge in [-0.25, -0.2) is 22.7 Å². The fourth-order valence-electron chi connectivity index (χ4n) is 0.922. The van der Waals surface area contributed by atoms with Crippen molar-refractivity contribution in [2.75, 3.05) is 0 Å². The van der Waals surface area contributed by atoms with E-state index in [4.69, 9.17) is 0 Å². The predicted molar refractivity (Wildman–Crippen MR) is 61.3 cm³/mol. The van der Waals surface area contributed by atoms with Crippen LogP contribution in [0.2, 0.25) is 0 Å². The van der Waals surface area contributed by atoms with E-state index >= 15 is 0 Å². The van der Waals surface area contributed by atoms with Gasteiger partial charge in [0.25, 0.3) is 0 Å². The van der Waals surface area contributed by atoms with Crippen LogP contribution in [-0.4, -0.2) is 36.9 Å². The number of hydrogen-bond acceptors (Lipinski definition) is 10. The molecule has 10 nitrogen and oxygen atoms in total. The van der Waals surface area contributed by atoms with Crippen LogP contribution in [0.25, 0.3) is 0 Å². The van der Waals surface area contributed by atoms with Crippen molar-refractivity contribution in [1.82, 2.24) is 0 Å². The Bertz CT molecular complexity index is 838. The molecule has 0 aliphatic heterocycles. The second kappa shape index (κ2) is 9.34. The highest BCUT2D eigenvalue weighted by Gasteiger charge is 2.71. The van der Waals surface area contributed by atoms with E-state index in [0.29, 0.717) is 0 Å². The normalized spacial score (nSPS) is 17.6. The smallest absolute Gasteiger partial charge is 0.493 e. The van der Waals surface area contributed by atoms with Crippen molar-refractivity contribution in [1.29, 1.82) is 0 Å². The number of alkyl halides is 15. The average molecular weight is 610 g/mol. The van der Waals surface area contributed by atoms with Crippen molar-refractivity contribution in [3.8, 4) is 0 Å². The molecule has 0 aliphatic rings. The lowest BCUT2D eigenvalue weighted by Gasteiger charge is -2.35. The van der Waals surface area contributed by atoms with Crippen LogP contribution in [-0.2, 0) is 35.9 Å². The molecule has 0 aliphatic carbocycles. The highest BCUT2D eigenvalue weighted by molar-refractivity contribution is 7.66.